The predicted molar refractivity (Wildman–Crippen MR) is 80.7 cm³/mol. The van der Waals surface area contributed by atoms with Crippen LogP contribution in [-0.4, -0.2) is 39.5 Å². The number of benzene rings is 1. The second kappa shape index (κ2) is 6.99. The van der Waals surface area contributed by atoms with Gasteiger partial charge < -0.3 is 10.0 Å². The quantitative estimate of drug-likeness (QED) is 0.495. The molecule has 0 saturated heterocycles. The number of nitrogens with zero attached hydrogens (tertiary/aromatic N) is 2. The molecule has 21 heavy (non-hydrogen) atoms. The molecule has 0 spiro atoms. The summed E-state index contributed by atoms with van der Waals surface area (Å²) in [5.41, 5.74) is -0.407. The summed E-state index contributed by atoms with van der Waals surface area (Å²) in [4.78, 5) is 23.7. The van der Waals surface area contributed by atoms with E-state index < -0.39 is 10.5 Å². The number of aliphatic hydroxyl groups is 1. The van der Waals surface area contributed by atoms with Crippen molar-refractivity contribution < 1.29 is 14.8 Å². The Morgan fingerprint density at radius 1 is 1.48 bits per heavy atom. The van der Waals surface area contributed by atoms with E-state index in [0.717, 1.165) is 0 Å². The summed E-state index contributed by atoms with van der Waals surface area (Å²) in [5, 5.41) is 20.4. The summed E-state index contributed by atoms with van der Waals surface area (Å²) in [7, 11) is 0. The average molecular weight is 292 g/mol. The lowest BCUT2D eigenvalue weighted by Crippen LogP contribution is -2.41. The van der Waals surface area contributed by atoms with Crippen LogP contribution in [0.5, 0.6) is 0 Å². The molecule has 1 amide bonds. The fraction of sp³-hybridized carbons (Fsp3) is 0.400. The molecule has 0 bridgehead atoms. The van der Waals surface area contributed by atoms with Gasteiger partial charge >= 0.3 is 0 Å². The minimum absolute atomic E-state index is 0.0200. The Balaban J connectivity index is 2.81. The molecule has 0 unspecified atom stereocenters. The summed E-state index contributed by atoms with van der Waals surface area (Å²) in [6, 6.07) is 6.04. The van der Waals surface area contributed by atoms with Gasteiger partial charge in [0.2, 0.25) is 5.91 Å². The SMILES string of the molecule is CCN(CC(C)(C)O)C(=O)C=Cc1cccc([N+](=O)[O-])c1. The normalized spacial score (nSPS) is 11.6. The molecular formula is C15H20N2O4. The molecule has 0 radical (unpaired) electrons. The Morgan fingerprint density at radius 3 is 2.67 bits per heavy atom. The maximum Gasteiger partial charge on any atom is 0.270 e. The van der Waals surface area contributed by atoms with Gasteiger partial charge in [-0.25, -0.2) is 0 Å². The third-order valence-corrected chi connectivity index (χ3v) is 2.77. The minimum atomic E-state index is -0.967. The van der Waals surface area contributed by atoms with E-state index in [9.17, 15) is 20.0 Å². The molecule has 0 heterocycles. The maximum absolute atomic E-state index is 12.0. The van der Waals surface area contributed by atoms with E-state index in [-0.39, 0.29) is 18.1 Å². The van der Waals surface area contributed by atoms with Gasteiger partial charge in [-0.05, 0) is 32.4 Å². The van der Waals surface area contributed by atoms with Crippen LogP contribution in [-0.2, 0) is 4.79 Å². The van der Waals surface area contributed by atoms with E-state index in [0.29, 0.717) is 12.1 Å². The molecule has 0 fully saturated rings. The lowest BCUT2D eigenvalue weighted by Gasteiger charge is -2.27. The first-order valence-corrected chi connectivity index (χ1v) is 6.67. The van der Waals surface area contributed by atoms with E-state index in [1.54, 1.807) is 26.0 Å². The lowest BCUT2D eigenvalue weighted by atomic mass is 10.1. The Morgan fingerprint density at radius 2 is 2.14 bits per heavy atom. The molecule has 0 saturated carbocycles. The zero-order valence-electron chi connectivity index (χ0n) is 12.4. The van der Waals surface area contributed by atoms with Crippen molar-refractivity contribution in [3.8, 4) is 0 Å². The van der Waals surface area contributed by atoms with Crippen molar-refractivity contribution >= 4 is 17.7 Å². The van der Waals surface area contributed by atoms with Gasteiger partial charge in [0.05, 0.1) is 10.5 Å². The highest BCUT2D eigenvalue weighted by molar-refractivity contribution is 5.91. The molecule has 0 aromatic heterocycles. The summed E-state index contributed by atoms with van der Waals surface area (Å²) in [6.07, 6.45) is 2.89. The number of carbonyl (C=O) groups excluding carboxylic acids is 1. The molecule has 0 aliphatic carbocycles. The van der Waals surface area contributed by atoms with Gasteiger partial charge in [0.15, 0.2) is 0 Å². The predicted octanol–water partition coefficient (Wildman–Crippen LogP) is 2.23. The third kappa shape index (κ3) is 5.74. The Hall–Kier alpha value is -2.21. The molecule has 0 atom stereocenters. The number of nitro benzene ring substituents is 1. The monoisotopic (exact) mass is 292 g/mol. The van der Waals surface area contributed by atoms with E-state index in [4.69, 9.17) is 0 Å². The number of non-ortho nitro benzene ring substituents is 1. The van der Waals surface area contributed by atoms with Gasteiger partial charge in [0.25, 0.3) is 5.69 Å². The molecular weight excluding hydrogens is 272 g/mol. The molecule has 6 heteroatoms. The molecule has 1 aromatic carbocycles. The van der Waals surface area contributed by atoms with Crippen molar-refractivity contribution in [2.24, 2.45) is 0 Å². The van der Waals surface area contributed by atoms with Crippen molar-refractivity contribution in [2.45, 2.75) is 26.4 Å². The van der Waals surface area contributed by atoms with Gasteiger partial charge in [-0.3, -0.25) is 14.9 Å². The Kier molecular flexibility index (Phi) is 5.60. The zero-order valence-corrected chi connectivity index (χ0v) is 12.4. The first-order chi connectivity index (χ1) is 9.73. The average Bonchev–Trinajstić information content (AvgIpc) is 2.41. The number of hydrogen-bond donors (Lipinski definition) is 1. The smallest absolute Gasteiger partial charge is 0.270 e. The third-order valence-electron chi connectivity index (χ3n) is 2.77. The number of amides is 1. The second-order valence-corrected chi connectivity index (χ2v) is 5.35. The molecule has 1 N–H and O–H groups in total. The number of hydrogen-bond acceptors (Lipinski definition) is 4. The van der Waals surface area contributed by atoms with Crippen molar-refractivity contribution in [3.63, 3.8) is 0 Å². The Labute approximate surface area is 123 Å². The van der Waals surface area contributed by atoms with Crippen molar-refractivity contribution in [3.05, 3.63) is 46.0 Å². The molecule has 6 nitrogen and oxygen atoms in total. The molecule has 1 aromatic rings. The van der Waals surface area contributed by atoms with Crippen LogP contribution in [0.2, 0.25) is 0 Å². The van der Waals surface area contributed by atoms with Crippen LogP contribution >= 0.6 is 0 Å². The van der Waals surface area contributed by atoms with Crippen LogP contribution in [0.3, 0.4) is 0 Å². The largest absolute Gasteiger partial charge is 0.389 e. The standard InChI is InChI=1S/C15H20N2O4/c1-4-16(11-15(2,3)19)14(18)9-8-12-6-5-7-13(10-12)17(20)21/h5-10,19H,4,11H2,1-3H3. The summed E-state index contributed by atoms with van der Waals surface area (Å²) in [6.45, 7) is 5.79. The van der Waals surface area contributed by atoms with Crippen LogP contribution in [0.1, 0.15) is 26.3 Å². The highest BCUT2D eigenvalue weighted by atomic mass is 16.6. The Bertz CT molecular complexity index is 547. The van der Waals surface area contributed by atoms with E-state index >= 15 is 0 Å². The minimum Gasteiger partial charge on any atom is -0.389 e. The van der Waals surface area contributed by atoms with Crippen LogP contribution in [0.15, 0.2) is 30.3 Å². The fourth-order valence-electron chi connectivity index (χ4n) is 1.83. The molecule has 1 rings (SSSR count). The summed E-state index contributed by atoms with van der Waals surface area (Å²) >= 11 is 0. The van der Waals surface area contributed by atoms with Gasteiger partial charge in [-0.15, -0.1) is 0 Å². The van der Waals surface area contributed by atoms with E-state index in [1.807, 2.05) is 6.92 Å². The van der Waals surface area contributed by atoms with Gasteiger partial charge in [0.1, 0.15) is 0 Å². The van der Waals surface area contributed by atoms with Crippen LogP contribution in [0.4, 0.5) is 5.69 Å². The molecule has 0 aliphatic rings. The van der Waals surface area contributed by atoms with Gasteiger partial charge in [-0.1, -0.05) is 12.1 Å². The van der Waals surface area contributed by atoms with Crippen LogP contribution in [0.25, 0.3) is 6.08 Å². The number of nitro groups is 1. The number of likely N-dealkylation sites (N-methyl/N-ethyl adjacent to an activating group) is 1. The lowest BCUT2D eigenvalue weighted by molar-refractivity contribution is -0.384. The number of rotatable bonds is 6. The molecule has 0 aliphatic heterocycles. The van der Waals surface area contributed by atoms with Gasteiger partial charge in [0, 0.05) is 31.3 Å². The second-order valence-electron chi connectivity index (χ2n) is 5.35. The topological polar surface area (TPSA) is 83.7 Å². The van der Waals surface area contributed by atoms with Crippen LogP contribution < -0.4 is 0 Å². The first-order valence-electron chi connectivity index (χ1n) is 6.67. The highest BCUT2D eigenvalue weighted by Crippen LogP contribution is 2.14. The zero-order chi connectivity index (χ0) is 16.0. The maximum atomic E-state index is 12.0. The van der Waals surface area contributed by atoms with Crippen molar-refractivity contribution in [1.82, 2.24) is 4.90 Å². The summed E-state index contributed by atoms with van der Waals surface area (Å²) < 4.78 is 0. The first kappa shape index (κ1) is 16.8. The fourth-order valence-corrected chi connectivity index (χ4v) is 1.83. The number of carbonyl (C=O) groups is 1. The van der Waals surface area contributed by atoms with Crippen molar-refractivity contribution in [1.29, 1.82) is 0 Å². The van der Waals surface area contributed by atoms with Crippen molar-refractivity contribution in [2.75, 3.05) is 13.1 Å². The van der Waals surface area contributed by atoms with E-state index in [2.05, 4.69) is 0 Å². The van der Waals surface area contributed by atoms with E-state index in [1.165, 1.54) is 29.2 Å². The van der Waals surface area contributed by atoms with Gasteiger partial charge in [-0.2, -0.15) is 0 Å². The summed E-state index contributed by atoms with van der Waals surface area (Å²) in [5.74, 6) is -0.244. The van der Waals surface area contributed by atoms with Crippen LogP contribution in [0, 0.1) is 10.1 Å². The highest BCUT2D eigenvalue weighted by Gasteiger charge is 2.19. The molecule has 114 valence electrons.